The predicted molar refractivity (Wildman–Crippen MR) is 167 cm³/mol. The van der Waals surface area contributed by atoms with Crippen molar-refractivity contribution >= 4 is 10.8 Å². The van der Waals surface area contributed by atoms with Crippen LogP contribution >= 0.6 is 0 Å². The van der Waals surface area contributed by atoms with Crippen LogP contribution in [0.2, 0.25) is 0 Å². The normalized spacial score (nSPS) is 11.0. The zero-order valence-corrected chi connectivity index (χ0v) is 22.6. The Morgan fingerprint density at radius 1 is 0.366 bits per heavy atom. The molecule has 7 rings (SSSR count). The van der Waals surface area contributed by atoms with E-state index in [2.05, 4.69) is 78.9 Å². The lowest BCUT2D eigenvalue weighted by molar-refractivity contribution is 1.07. The van der Waals surface area contributed by atoms with Crippen LogP contribution in [0.5, 0.6) is 0 Å². The van der Waals surface area contributed by atoms with E-state index >= 15 is 0 Å². The van der Waals surface area contributed by atoms with E-state index < -0.39 is 0 Å². The molecule has 0 atom stereocenters. The maximum atomic E-state index is 4.89. The number of pyridine rings is 1. The van der Waals surface area contributed by atoms with Crippen LogP contribution < -0.4 is 0 Å². The second-order valence-electron chi connectivity index (χ2n) is 10.0. The van der Waals surface area contributed by atoms with Crippen molar-refractivity contribution in [1.82, 2.24) is 19.9 Å². The molecule has 2 aromatic heterocycles. The van der Waals surface area contributed by atoms with Gasteiger partial charge in [0, 0.05) is 33.3 Å². The molecule has 4 heteroatoms. The highest BCUT2D eigenvalue weighted by atomic mass is 15.0. The number of fused-ring (bicyclic) bond motifs is 1. The van der Waals surface area contributed by atoms with Gasteiger partial charge in [0.1, 0.15) is 0 Å². The summed E-state index contributed by atoms with van der Waals surface area (Å²) in [7, 11) is 0. The Morgan fingerprint density at radius 2 is 0.878 bits per heavy atom. The standard InChI is InChI=1S/C37H26N4/c1-25-23-31-15-8-9-18-33(31)34(38-25)27-21-19-26(20-22-27)30-16-10-17-32(24-30)37-40-35(28-11-4-2-5-12-28)39-36(41-37)29-13-6-3-7-14-29/h2-24H,1H3. The van der Waals surface area contributed by atoms with E-state index in [0.29, 0.717) is 17.5 Å². The summed E-state index contributed by atoms with van der Waals surface area (Å²) in [5, 5.41) is 2.36. The average molecular weight is 527 g/mol. The molecule has 0 unspecified atom stereocenters. The van der Waals surface area contributed by atoms with Crippen molar-refractivity contribution in [3.63, 3.8) is 0 Å². The third kappa shape index (κ3) is 4.99. The van der Waals surface area contributed by atoms with Gasteiger partial charge in [-0.2, -0.15) is 0 Å². The van der Waals surface area contributed by atoms with Crippen molar-refractivity contribution in [1.29, 1.82) is 0 Å². The van der Waals surface area contributed by atoms with Gasteiger partial charge in [-0.15, -0.1) is 0 Å². The van der Waals surface area contributed by atoms with Crippen molar-refractivity contribution in [2.24, 2.45) is 0 Å². The second kappa shape index (κ2) is 10.6. The van der Waals surface area contributed by atoms with Crippen LogP contribution in [0.15, 0.2) is 140 Å². The third-order valence-corrected chi connectivity index (χ3v) is 7.18. The predicted octanol–water partition coefficient (Wildman–Crippen LogP) is 9.06. The summed E-state index contributed by atoms with van der Waals surface area (Å²) in [5.41, 5.74) is 8.18. The van der Waals surface area contributed by atoms with E-state index in [-0.39, 0.29) is 0 Å². The molecule has 0 aliphatic heterocycles. The van der Waals surface area contributed by atoms with Crippen molar-refractivity contribution in [3.05, 3.63) is 145 Å². The number of aryl methyl sites for hydroxylation is 1. The van der Waals surface area contributed by atoms with E-state index in [1.54, 1.807) is 0 Å². The first-order valence-electron chi connectivity index (χ1n) is 13.7. The summed E-state index contributed by atoms with van der Waals surface area (Å²) >= 11 is 0. The number of benzene rings is 5. The molecule has 0 aliphatic carbocycles. The van der Waals surface area contributed by atoms with Gasteiger partial charge in [0.15, 0.2) is 17.5 Å². The molecule has 0 radical (unpaired) electrons. The molecule has 41 heavy (non-hydrogen) atoms. The Bertz CT molecular complexity index is 1930. The van der Waals surface area contributed by atoms with Gasteiger partial charge in [0.2, 0.25) is 0 Å². The molecule has 194 valence electrons. The van der Waals surface area contributed by atoms with Gasteiger partial charge in [-0.25, -0.2) is 15.0 Å². The van der Waals surface area contributed by atoms with Gasteiger partial charge in [-0.05, 0) is 35.6 Å². The maximum absolute atomic E-state index is 4.89. The second-order valence-corrected chi connectivity index (χ2v) is 10.0. The topological polar surface area (TPSA) is 51.6 Å². The van der Waals surface area contributed by atoms with Crippen LogP contribution in [0.1, 0.15) is 5.69 Å². The molecule has 5 aromatic carbocycles. The Labute approximate surface area is 239 Å². The quantitative estimate of drug-likeness (QED) is 0.224. The largest absolute Gasteiger partial charge is 0.252 e. The van der Waals surface area contributed by atoms with Gasteiger partial charge in [-0.3, -0.25) is 4.98 Å². The maximum Gasteiger partial charge on any atom is 0.164 e. The molecule has 0 bridgehead atoms. The Morgan fingerprint density at radius 3 is 1.54 bits per heavy atom. The first kappa shape index (κ1) is 24.6. The van der Waals surface area contributed by atoms with Crippen LogP contribution in [0.4, 0.5) is 0 Å². The molecular formula is C37H26N4. The molecule has 7 aromatic rings. The lowest BCUT2D eigenvalue weighted by Gasteiger charge is -2.11. The smallest absolute Gasteiger partial charge is 0.164 e. The van der Waals surface area contributed by atoms with E-state index in [1.807, 2.05) is 67.6 Å². The summed E-state index contributed by atoms with van der Waals surface area (Å²) in [6.07, 6.45) is 0. The first-order valence-corrected chi connectivity index (χ1v) is 13.7. The lowest BCUT2D eigenvalue weighted by Crippen LogP contribution is -2.00. The summed E-state index contributed by atoms with van der Waals surface area (Å²) in [6, 6.07) is 47.6. The van der Waals surface area contributed by atoms with Crippen LogP contribution in [-0.2, 0) is 0 Å². The Kier molecular flexibility index (Phi) is 6.34. The van der Waals surface area contributed by atoms with Gasteiger partial charge in [0.25, 0.3) is 0 Å². The minimum absolute atomic E-state index is 0.645. The Hall–Kier alpha value is -5.48. The van der Waals surface area contributed by atoms with Gasteiger partial charge >= 0.3 is 0 Å². The lowest BCUT2D eigenvalue weighted by atomic mass is 9.98. The zero-order valence-electron chi connectivity index (χ0n) is 22.6. The zero-order chi connectivity index (χ0) is 27.6. The van der Waals surface area contributed by atoms with Crippen molar-refractivity contribution in [2.45, 2.75) is 6.92 Å². The molecule has 0 N–H and O–H groups in total. The van der Waals surface area contributed by atoms with Crippen LogP contribution in [0, 0.1) is 6.92 Å². The number of hydrogen-bond donors (Lipinski definition) is 0. The van der Waals surface area contributed by atoms with Crippen LogP contribution in [0.3, 0.4) is 0 Å². The van der Waals surface area contributed by atoms with Gasteiger partial charge in [0.05, 0.1) is 5.69 Å². The summed E-state index contributed by atoms with van der Waals surface area (Å²) in [4.78, 5) is 19.5. The molecular weight excluding hydrogens is 500 g/mol. The number of hydrogen-bond acceptors (Lipinski definition) is 4. The van der Waals surface area contributed by atoms with E-state index in [1.165, 1.54) is 5.39 Å². The SMILES string of the molecule is Cc1cc2ccccc2c(-c2ccc(-c3cccc(-c4nc(-c5ccccc5)nc(-c5ccccc5)n4)c3)cc2)n1. The first-order chi connectivity index (χ1) is 20.2. The minimum atomic E-state index is 0.645. The van der Waals surface area contributed by atoms with Crippen LogP contribution in [0.25, 0.3) is 67.3 Å². The summed E-state index contributed by atoms with van der Waals surface area (Å²) in [5.74, 6) is 1.95. The fourth-order valence-corrected chi connectivity index (χ4v) is 5.15. The Balaban J connectivity index is 1.28. The van der Waals surface area contributed by atoms with Gasteiger partial charge in [-0.1, -0.05) is 127 Å². The molecule has 0 amide bonds. The summed E-state index contributed by atoms with van der Waals surface area (Å²) < 4.78 is 0. The fraction of sp³-hybridized carbons (Fsp3) is 0.0270. The highest BCUT2D eigenvalue weighted by molar-refractivity contribution is 5.95. The average Bonchev–Trinajstić information content (AvgIpc) is 3.05. The van der Waals surface area contributed by atoms with Crippen molar-refractivity contribution < 1.29 is 0 Å². The fourth-order valence-electron chi connectivity index (χ4n) is 5.15. The monoisotopic (exact) mass is 526 g/mol. The minimum Gasteiger partial charge on any atom is -0.252 e. The molecule has 0 spiro atoms. The molecule has 0 saturated carbocycles. The molecule has 0 aliphatic rings. The number of rotatable bonds is 5. The highest BCUT2D eigenvalue weighted by Crippen LogP contribution is 2.31. The molecule has 0 saturated heterocycles. The van der Waals surface area contributed by atoms with E-state index in [0.717, 1.165) is 50.2 Å². The molecule has 2 heterocycles. The highest BCUT2D eigenvalue weighted by Gasteiger charge is 2.13. The van der Waals surface area contributed by atoms with Crippen molar-refractivity contribution in [2.75, 3.05) is 0 Å². The third-order valence-electron chi connectivity index (χ3n) is 7.18. The molecule has 4 nitrogen and oxygen atoms in total. The van der Waals surface area contributed by atoms with E-state index in [4.69, 9.17) is 19.9 Å². The van der Waals surface area contributed by atoms with Crippen molar-refractivity contribution in [3.8, 4) is 56.5 Å². The summed E-state index contributed by atoms with van der Waals surface area (Å²) in [6.45, 7) is 2.05. The van der Waals surface area contributed by atoms with E-state index in [9.17, 15) is 0 Å². The molecule has 0 fully saturated rings. The van der Waals surface area contributed by atoms with Crippen LogP contribution in [-0.4, -0.2) is 19.9 Å². The van der Waals surface area contributed by atoms with Gasteiger partial charge < -0.3 is 0 Å². The number of aromatic nitrogens is 4. The number of nitrogens with zero attached hydrogens (tertiary/aromatic N) is 4.